The zero-order chi connectivity index (χ0) is 18.8. The minimum Gasteiger partial charge on any atom is -0.482 e. The predicted molar refractivity (Wildman–Crippen MR) is 99.9 cm³/mol. The van der Waals surface area contributed by atoms with Crippen LogP contribution < -0.4 is 9.64 Å². The molecule has 0 spiro atoms. The average Bonchev–Trinajstić information content (AvgIpc) is 2.60. The fourth-order valence-electron chi connectivity index (χ4n) is 2.62. The van der Waals surface area contributed by atoms with Gasteiger partial charge in [-0.25, -0.2) is 4.39 Å². The van der Waals surface area contributed by atoms with Crippen molar-refractivity contribution < 1.29 is 18.7 Å². The van der Waals surface area contributed by atoms with Crippen molar-refractivity contribution in [3.05, 3.63) is 57.3 Å². The Hall–Kier alpha value is -2.12. The smallest absolute Gasteiger partial charge is 0.265 e. The van der Waals surface area contributed by atoms with Crippen molar-refractivity contribution in [1.29, 1.82) is 0 Å². The van der Waals surface area contributed by atoms with E-state index in [4.69, 9.17) is 16.3 Å². The maximum Gasteiger partial charge on any atom is 0.265 e. The van der Waals surface area contributed by atoms with E-state index in [1.807, 2.05) is 0 Å². The Morgan fingerprint density at radius 1 is 1.38 bits per heavy atom. The van der Waals surface area contributed by atoms with E-state index in [1.54, 1.807) is 31.3 Å². The molecule has 0 saturated carbocycles. The minimum atomic E-state index is -0.477. The van der Waals surface area contributed by atoms with Crippen molar-refractivity contribution in [2.45, 2.75) is 6.54 Å². The van der Waals surface area contributed by atoms with Gasteiger partial charge >= 0.3 is 0 Å². The molecule has 3 rings (SSSR count). The third-order valence-corrected chi connectivity index (χ3v) is 4.89. The first-order valence-corrected chi connectivity index (χ1v) is 8.93. The minimum absolute atomic E-state index is 0.00999. The van der Waals surface area contributed by atoms with Crippen LogP contribution in [0.15, 0.2) is 40.9 Å². The number of carbonyl (C=O) groups is 2. The highest BCUT2D eigenvalue weighted by molar-refractivity contribution is 9.10. The number of nitrogens with zero attached hydrogens (tertiary/aromatic N) is 2. The van der Waals surface area contributed by atoms with Crippen molar-refractivity contribution in [2.24, 2.45) is 0 Å². The number of fused-ring (bicyclic) bond motifs is 1. The van der Waals surface area contributed by atoms with E-state index in [2.05, 4.69) is 15.9 Å². The number of anilines is 1. The van der Waals surface area contributed by atoms with Crippen molar-refractivity contribution >= 4 is 45.0 Å². The van der Waals surface area contributed by atoms with Crippen LogP contribution in [-0.2, 0) is 16.1 Å². The fraction of sp³-hybridized carbons (Fsp3) is 0.222. The molecule has 136 valence electrons. The molecular formula is C18H15BrClFN2O3. The molecule has 0 aromatic heterocycles. The van der Waals surface area contributed by atoms with E-state index in [0.29, 0.717) is 11.4 Å². The largest absolute Gasteiger partial charge is 0.482 e. The summed E-state index contributed by atoms with van der Waals surface area (Å²) in [5.41, 5.74) is 0.762. The summed E-state index contributed by atoms with van der Waals surface area (Å²) < 4.78 is 20.1. The van der Waals surface area contributed by atoms with Gasteiger partial charge in [0.05, 0.1) is 5.69 Å². The van der Waals surface area contributed by atoms with Crippen molar-refractivity contribution in [3.8, 4) is 5.75 Å². The van der Waals surface area contributed by atoms with Gasteiger partial charge in [0.15, 0.2) is 6.61 Å². The second-order valence-electron chi connectivity index (χ2n) is 5.83. The normalized spacial score (nSPS) is 13.2. The van der Waals surface area contributed by atoms with Crippen molar-refractivity contribution in [1.82, 2.24) is 4.90 Å². The highest BCUT2D eigenvalue weighted by Crippen LogP contribution is 2.34. The first-order valence-electron chi connectivity index (χ1n) is 7.76. The summed E-state index contributed by atoms with van der Waals surface area (Å²) in [7, 11) is 1.54. The summed E-state index contributed by atoms with van der Waals surface area (Å²) in [6.07, 6.45) is 0. The van der Waals surface area contributed by atoms with Gasteiger partial charge in [-0.15, -0.1) is 0 Å². The van der Waals surface area contributed by atoms with Crippen LogP contribution in [0.4, 0.5) is 10.1 Å². The quantitative estimate of drug-likeness (QED) is 0.728. The highest BCUT2D eigenvalue weighted by atomic mass is 79.9. The maximum absolute atomic E-state index is 13.9. The molecule has 0 fully saturated rings. The molecule has 2 aromatic carbocycles. The van der Waals surface area contributed by atoms with Crippen LogP contribution in [0.3, 0.4) is 0 Å². The molecular weight excluding hydrogens is 427 g/mol. The Bertz CT molecular complexity index is 857. The van der Waals surface area contributed by atoms with Gasteiger partial charge in [0, 0.05) is 28.7 Å². The van der Waals surface area contributed by atoms with Gasteiger partial charge in [-0.2, -0.15) is 0 Å². The van der Waals surface area contributed by atoms with Crippen LogP contribution in [0.5, 0.6) is 5.75 Å². The zero-order valence-corrected chi connectivity index (χ0v) is 16.2. The Morgan fingerprint density at radius 3 is 2.88 bits per heavy atom. The van der Waals surface area contributed by atoms with Crippen molar-refractivity contribution in [2.75, 3.05) is 25.1 Å². The molecule has 8 heteroatoms. The van der Waals surface area contributed by atoms with E-state index >= 15 is 0 Å². The Kier molecular flexibility index (Phi) is 5.48. The van der Waals surface area contributed by atoms with Crippen LogP contribution >= 0.6 is 27.5 Å². The molecule has 1 heterocycles. The van der Waals surface area contributed by atoms with E-state index in [1.165, 1.54) is 21.9 Å². The maximum atomic E-state index is 13.9. The molecule has 0 unspecified atom stereocenters. The Balaban J connectivity index is 1.76. The molecule has 1 aliphatic heterocycles. The molecule has 2 aromatic rings. The summed E-state index contributed by atoms with van der Waals surface area (Å²) in [4.78, 5) is 27.5. The number of hydrogen-bond acceptors (Lipinski definition) is 3. The zero-order valence-electron chi connectivity index (χ0n) is 13.8. The van der Waals surface area contributed by atoms with Gasteiger partial charge in [-0.05, 0) is 30.3 Å². The molecule has 0 N–H and O–H groups in total. The summed E-state index contributed by atoms with van der Waals surface area (Å²) in [5, 5.41) is 0.252. The number of ether oxygens (including phenoxy) is 1. The number of likely N-dealkylation sites (N-methyl/N-ethyl adjacent to an activating group) is 1. The molecule has 5 nitrogen and oxygen atoms in total. The molecule has 0 bridgehead atoms. The number of halogens is 3. The first kappa shape index (κ1) is 18.7. The van der Waals surface area contributed by atoms with E-state index < -0.39 is 5.82 Å². The molecule has 0 saturated heterocycles. The fourth-order valence-corrected chi connectivity index (χ4v) is 3.18. The van der Waals surface area contributed by atoms with Gasteiger partial charge < -0.3 is 9.64 Å². The lowest BCUT2D eigenvalue weighted by Crippen LogP contribution is -2.45. The molecule has 0 atom stereocenters. The average molecular weight is 442 g/mol. The SMILES string of the molecule is CN(Cc1c(F)cccc1Cl)C(=O)CN1C(=O)COc2cc(Br)ccc21. The van der Waals surface area contributed by atoms with E-state index in [0.717, 1.165) is 4.47 Å². The van der Waals surface area contributed by atoms with E-state index in [9.17, 15) is 14.0 Å². The van der Waals surface area contributed by atoms with Gasteiger partial charge in [0.25, 0.3) is 5.91 Å². The molecule has 0 aliphatic carbocycles. The molecule has 0 radical (unpaired) electrons. The lowest BCUT2D eigenvalue weighted by molar-refractivity contribution is -0.131. The number of hydrogen-bond donors (Lipinski definition) is 0. The molecule has 1 aliphatic rings. The topological polar surface area (TPSA) is 49.9 Å². The van der Waals surface area contributed by atoms with Crippen LogP contribution in [0.2, 0.25) is 5.02 Å². The lowest BCUT2D eigenvalue weighted by Gasteiger charge is -2.30. The lowest BCUT2D eigenvalue weighted by atomic mass is 10.2. The standard InChI is InChI=1S/C18H15BrClFN2O3/c1-22(8-12-13(20)3-2-4-14(12)21)17(24)9-23-15-6-5-11(19)7-16(15)26-10-18(23)25/h2-7H,8-10H2,1H3. The number of carbonyl (C=O) groups excluding carboxylic acids is 2. The van der Waals surface area contributed by atoms with Crippen LogP contribution in [0.1, 0.15) is 5.56 Å². The van der Waals surface area contributed by atoms with Gasteiger partial charge in [-0.1, -0.05) is 33.6 Å². The third-order valence-electron chi connectivity index (χ3n) is 4.04. The summed E-state index contributed by atoms with van der Waals surface area (Å²) >= 11 is 9.36. The van der Waals surface area contributed by atoms with Gasteiger partial charge in [0.2, 0.25) is 5.91 Å². The Labute approximate surface area is 163 Å². The molecule has 26 heavy (non-hydrogen) atoms. The third kappa shape index (κ3) is 3.83. The second-order valence-corrected chi connectivity index (χ2v) is 7.15. The summed E-state index contributed by atoms with van der Waals surface area (Å²) in [6.45, 7) is -0.297. The predicted octanol–water partition coefficient (Wildman–Crippen LogP) is 3.63. The first-order chi connectivity index (χ1) is 12.4. The van der Waals surface area contributed by atoms with Gasteiger partial charge in [-0.3, -0.25) is 14.5 Å². The number of amides is 2. The Morgan fingerprint density at radius 2 is 2.15 bits per heavy atom. The highest BCUT2D eigenvalue weighted by Gasteiger charge is 2.28. The summed E-state index contributed by atoms with van der Waals surface area (Å²) in [5.74, 6) is -0.611. The second kappa shape index (κ2) is 7.63. The number of rotatable bonds is 4. The van der Waals surface area contributed by atoms with Gasteiger partial charge in [0.1, 0.15) is 18.1 Å². The number of benzene rings is 2. The van der Waals surface area contributed by atoms with Crippen LogP contribution in [0, 0.1) is 5.82 Å². The van der Waals surface area contributed by atoms with Crippen LogP contribution in [0.25, 0.3) is 0 Å². The van der Waals surface area contributed by atoms with Crippen LogP contribution in [-0.4, -0.2) is 36.9 Å². The van der Waals surface area contributed by atoms with Crippen molar-refractivity contribution in [3.63, 3.8) is 0 Å². The molecule has 2 amide bonds. The van der Waals surface area contributed by atoms with E-state index in [-0.39, 0.29) is 42.1 Å². The monoisotopic (exact) mass is 440 g/mol. The summed E-state index contributed by atoms with van der Waals surface area (Å²) in [6, 6.07) is 9.57.